The van der Waals surface area contributed by atoms with Gasteiger partial charge < -0.3 is 10.2 Å². The minimum absolute atomic E-state index is 0.00208. The Morgan fingerprint density at radius 1 is 1.18 bits per heavy atom. The third-order valence-electron chi connectivity index (χ3n) is 5.13. The van der Waals surface area contributed by atoms with Crippen LogP contribution in [-0.2, 0) is 16.1 Å². The lowest BCUT2D eigenvalue weighted by atomic mass is 10.0. The lowest BCUT2D eigenvalue weighted by molar-refractivity contribution is -0.120. The standard InChI is InChI=1S/C23H29N3O2/c1-16(2)19-11-9-18(10-12-19)14-25(4)15-23(28)26-17(3)13-22(27)24-20-7-5-6-8-21(20)26/h5-12,16-17H,13-15H2,1-4H3,(H,24,27)/t17-/m0/s1. The molecule has 0 spiro atoms. The number of amides is 2. The predicted molar refractivity (Wildman–Crippen MR) is 114 cm³/mol. The molecule has 1 N–H and O–H groups in total. The number of para-hydroxylation sites is 2. The highest BCUT2D eigenvalue weighted by atomic mass is 16.2. The molecule has 5 nitrogen and oxygen atoms in total. The Balaban J connectivity index is 1.71. The Labute approximate surface area is 167 Å². The van der Waals surface area contributed by atoms with Crippen molar-refractivity contribution >= 4 is 23.2 Å². The summed E-state index contributed by atoms with van der Waals surface area (Å²) >= 11 is 0. The van der Waals surface area contributed by atoms with Gasteiger partial charge in [0.25, 0.3) is 0 Å². The second kappa shape index (κ2) is 8.57. The normalized spacial score (nSPS) is 16.7. The highest BCUT2D eigenvalue weighted by molar-refractivity contribution is 6.04. The van der Waals surface area contributed by atoms with E-state index in [-0.39, 0.29) is 17.9 Å². The van der Waals surface area contributed by atoms with Crippen molar-refractivity contribution in [2.45, 2.75) is 45.7 Å². The zero-order chi connectivity index (χ0) is 20.3. The van der Waals surface area contributed by atoms with Gasteiger partial charge >= 0.3 is 0 Å². The molecule has 148 valence electrons. The topological polar surface area (TPSA) is 52.7 Å². The van der Waals surface area contributed by atoms with Gasteiger partial charge in [-0.1, -0.05) is 50.2 Å². The Hall–Kier alpha value is -2.66. The summed E-state index contributed by atoms with van der Waals surface area (Å²) in [6, 6.07) is 15.9. The summed E-state index contributed by atoms with van der Waals surface area (Å²) in [6.45, 7) is 7.27. The molecule has 0 unspecified atom stereocenters. The largest absolute Gasteiger partial charge is 0.324 e. The molecule has 0 radical (unpaired) electrons. The number of benzene rings is 2. The van der Waals surface area contributed by atoms with Crippen molar-refractivity contribution in [3.63, 3.8) is 0 Å². The molecule has 0 saturated heterocycles. The number of rotatable bonds is 5. The maximum absolute atomic E-state index is 13.1. The van der Waals surface area contributed by atoms with Crippen LogP contribution in [0.15, 0.2) is 48.5 Å². The number of carbonyl (C=O) groups is 2. The minimum atomic E-state index is -0.185. The first-order valence-electron chi connectivity index (χ1n) is 9.83. The number of hydrogen-bond donors (Lipinski definition) is 1. The van der Waals surface area contributed by atoms with Crippen LogP contribution < -0.4 is 10.2 Å². The number of anilines is 2. The highest BCUT2D eigenvalue weighted by Crippen LogP contribution is 2.31. The molecule has 1 aliphatic rings. The highest BCUT2D eigenvalue weighted by Gasteiger charge is 2.29. The van der Waals surface area contributed by atoms with E-state index in [9.17, 15) is 9.59 Å². The fourth-order valence-electron chi connectivity index (χ4n) is 3.65. The summed E-state index contributed by atoms with van der Waals surface area (Å²) in [5.74, 6) is 0.445. The second-order valence-corrected chi connectivity index (χ2v) is 7.95. The smallest absolute Gasteiger partial charge is 0.241 e. The molecule has 1 aliphatic heterocycles. The van der Waals surface area contributed by atoms with Crippen molar-refractivity contribution in [1.29, 1.82) is 0 Å². The number of likely N-dealkylation sites (N-methyl/N-ethyl adjacent to an activating group) is 1. The molecule has 0 aliphatic carbocycles. The summed E-state index contributed by atoms with van der Waals surface area (Å²) in [4.78, 5) is 29.0. The Bertz CT molecular complexity index is 845. The third-order valence-corrected chi connectivity index (χ3v) is 5.13. The summed E-state index contributed by atoms with van der Waals surface area (Å²) < 4.78 is 0. The SMILES string of the molecule is CC(C)c1ccc(CN(C)CC(=O)N2c3ccccc3NC(=O)C[C@@H]2C)cc1. The molecule has 28 heavy (non-hydrogen) atoms. The molecule has 0 aromatic heterocycles. The average molecular weight is 380 g/mol. The first-order valence-corrected chi connectivity index (χ1v) is 9.83. The molecule has 5 heteroatoms. The van der Waals surface area contributed by atoms with E-state index < -0.39 is 0 Å². The summed E-state index contributed by atoms with van der Waals surface area (Å²) in [6.07, 6.45) is 0.292. The van der Waals surface area contributed by atoms with Gasteiger partial charge in [-0.25, -0.2) is 0 Å². The van der Waals surface area contributed by atoms with Gasteiger partial charge in [-0.2, -0.15) is 0 Å². The maximum Gasteiger partial charge on any atom is 0.241 e. The number of hydrogen-bond acceptors (Lipinski definition) is 3. The van der Waals surface area contributed by atoms with Crippen molar-refractivity contribution in [1.82, 2.24) is 4.90 Å². The quantitative estimate of drug-likeness (QED) is 0.854. The van der Waals surface area contributed by atoms with Crippen molar-refractivity contribution in [2.24, 2.45) is 0 Å². The maximum atomic E-state index is 13.1. The van der Waals surface area contributed by atoms with Gasteiger partial charge in [0.1, 0.15) is 0 Å². The van der Waals surface area contributed by atoms with Gasteiger partial charge in [-0.3, -0.25) is 14.5 Å². The Morgan fingerprint density at radius 2 is 1.86 bits per heavy atom. The number of nitrogens with zero attached hydrogens (tertiary/aromatic N) is 2. The summed E-state index contributed by atoms with van der Waals surface area (Å²) in [5, 5.41) is 2.90. The molecule has 1 heterocycles. The van der Waals surface area contributed by atoms with Gasteiger partial charge in [0.2, 0.25) is 11.8 Å². The molecule has 0 saturated carbocycles. The van der Waals surface area contributed by atoms with E-state index in [1.807, 2.05) is 43.1 Å². The fourth-order valence-corrected chi connectivity index (χ4v) is 3.65. The van der Waals surface area contributed by atoms with E-state index in [4.69, 9.17) is 0 Å². The second-order valence-electron chi connectivity index (χ2n) is 7.95. The van der Waals surface area contributed by atoms with Gasteiger partial charge in [0.05, 0.1) is 17.9 Å². The fraction of sp³-hybridized carbons (Fsp3) is 0.391. The van der Waals surface area contributed by atoms with E-state index in [0.717, 1.165) is 5.69 Å². The van der Waals surface area contributed by atoms with Crippen LogP contribution >= 0.6 is 0 Å². The lowest BCUT2D eigenvalue weighted by Gasteiger charge is -2.29. The van der Waals surface area contributed by atoms with Crippen LogP contribution in [0, 0.1) is 0 Å². The Morgan fingerprint density at radius 3 is 2.54 bits per heavy atom. The van der Waals surface area contributed by atoms with Crippen molar-refractivity contribution in [2.75, 3.05) is 23.8 Å². The van der Waals surface area contributed by atoms with Crippen LogP contribution in [0.3, 0.4) is 0 Å². The molecular formula is C23H29N3O2. The van der Waals surface area contributed by atoms with Crippen LogP contribution in [0.25, 0.3) is 0 Å². The van der Waals surface area contributed by atoms with Gasteiger partial charge in [0, 0.05) is 19.0 Å². The monoisotopic (exact) mass is 379 g/mol. The molecule has 0 bridgehead atoms. The molecule has 2 amide bonds. The molecule has 3 rings (SSSR count). The van der Waals surface area contributed by atoms with E-state index in [2.05, 4.69) is 43.4 Å². The van der Waals surface area contributed by atoms with Crippen LogP contribution in [0.5, 0.6) is 0 Å². The molecular weight excluding hydrogens is 350 g/mol. The van der Waals surface area contributed by atoms with Crippen LogP contribution in [-0.4, -0.2) is 36.3 Å². The van der Waals surface area contributed by atoms with Crippen molar-refractivity contribution in [3.05, 3.63) is 59.7 Å². The molecule has 1 atom stereocenters. The summed E-state index contributed by atoms with van der Waals surface area (Å²) in [5.41, 5.74) is 3.95. The first kappa shape index (κ1) is 20.1. The van der Waals surface area contributed by atoms with Gasteiger partial charge in [-0.05, 0) is 43.1 Å². The van der Waals surface area contributed by atoms with E-state index in [1.54, 1.807) is 4.90 Å². The number of nitrogens with one attached hydrogen (secondary N) is 1. The lowest BCUT2D eigenvalue weighted by Crippen LogP contribution is -2.44. The van der Waals surface area contributed by atoms with Crippen LogP contribution in [0.1, 0.15) is 44.2 Å². The van der Waals surface area contributed by atoms with E-state index in [0.29, 0.717) is 31.1 Å². The van der Waals surface area contributed by atoms with Crippen molar-refractivity contribution in [3.8, 4) is 0 Å². The first-order chi connectivity index (χ1) is 13.3. The van der Waals surface area contributed by atoms with Crippen LogP contribution in [0.2, 0.25) is 0 Å². The van der Waals surface area contributed by atoms with E-state index >= 15 is 0 Å². The number of carbonyl (C=O) groups excluding carboxylic acids is 2. The van der Waals surface area contributed by atoms with Crippen LogP contribution in [0.4, 0.5) is 11.4 Å². The number of fused-ring (bicyclic) bond motifs is 1. The summed E-state index contributed by atoms with van der Waals surface area (Å²) in [7, 11) is 1.95. The average Bonchev–Trinajstić information content (AvgIpc) is 2.76. The minimum Gasteiger partial charge on any atom is -0.324 e. The Kier molecular flexibility index (Phi) is 6.15. The van der Waals surface area contributed by atoms with Gasteiger partial charge in [-0.15, -0.1) is 0 Å². The van der Waals surface area contributed by atoms with Crippen molar-refractivity contribution < 1.29 is 9.59 Å². The van der Waals surface area contributed by atoms with Gasteiger partial charge in [0.15, 0.2) is 0 Å². The third kappa shape index (κ3) is 4.60. The molecule has 0 fully saturated rings. The zero-order valence-electron chi connectivity index (χ0n) is 17.1. The van der Waals surface area contributed by atoms with E-state index in [1.165, 1.54) is 11.1 Å². The molecule has 2 aromatic carbocycles. The predicted octanol–water partition coefficient (Wildman–Crippen LogP) is 4.01. The molecule has 2 aromatic rings. The zero-order valence-corrected chi connectivity index (χ0v) is 17.1.